The minimum atomic E-state index is -0.489. The maximum Gasteiger partial charge on any atom is 0.310 e. The Bertz CT molecular complexity index is 527. The largest absolute Gasteiger partial charge is 0.465 e. The number of esters is 1. The van der Waals surface area contributed by atoms with Crippen LogP contribution in [0.4, 0.5) is 5.69 Å². The number of rotatable bonds is 7. The molecule has 2 N–H and O–H groups in total. The van der Waals surface area contributed by atoms with Gasteiger partial charge < -0.3 is 10.5 Å². The smallest absolute Gasteiger partial charge is 0.310 e. The van der Waals surface area contributed by atoms with E-state index in [2.05, 4.69) is 0 Å². The fourth-order valence-corrected chi connectivity index (χ4v) is 1.70. The number of carbonyl (C=O) groups is 2. The van der Waals surface area contributed by atoms with Crippen molar-refractivity contribution in [2.75, 3.05) is 6.61 Å². The first-order chi connectivity index (χ1) is 9.41. The SMILES string of the molecule is Cc1c(CC(=O)OCCCC(N)=O)cccc1[N+](=O)[O-]. The van der Waals surface area contributed by atoms with Crippen molar-refractivity contribution < 1.29 is 19.2 Å². The van der Waals surface area contributed by atoms with E-state index in [-0.39, 0.29) is 25.1 Å². The maximum atomic E-state index is 11.6. The third-order valence-corrected chi connectivity index (χ3v) is 2.78. The number of carbonyl (C=O) groups excluding carboxylic acids is 2. The highest BCUT2D eigenvalue weighted by molar-refractivity contribution is 5.74. The van der Waals surface area contributed by atoms with E-state index in [1.165, 1.54) is 12.1 Å². The zero-order valence-corrected chi connectivity index (χ0v) is 11.1. The third-order valence-electron chi connectivity index (χ3n) is 2.78. The molecule has 108 valence electrons. The van der Waals surface area contributed by atoms with E-state index in [0.29, 0.717) is 17.5 Å². The van der Waals surface area contributed by atoms with Crippen LogP contribution in [0.15, 0.2) is 18.2 Å². The standard InChI is InChI=1S/C13H16N2O5/c1-9-10(4-2-5-11(9)15(18)19)8-13(17)20-7-3-6-12(14)16/h2,4-5H,3,6-8H2,1H3,(H2,14,16). The molecule has 0 atom stereocenters. The summed E-state index contributed by atoms with van der Waals surface area (Å²) < 4.78 is 4.94. The molecular weight excluding hydrogens is 264 g/mol. The molecule has 0 aliphatic carbocycles. The van der Waals surface area contributed by atoms with Gasteiger partial charge in [0.05, 0.1) is 18.0 Å². The lowest BCUT2D eigenvalue weighted by Gasteiger charge is -2.07. The van der Waals surface area contributed by atoms with Crippen LogP contribution in [0, 0.1) is 17.0 Å². The molecule has 0 fully saturated rings. The Labute approximate surface area is 115 Å². The Hall–Kier alpha value is -2.44. The zero-order valence-electron chi connectivity index (χ0n) is 11.1. The topological polar surface area (TPSA) is 113 Å². The van der Waals surface area contributed by atoms with Crippen LogP contribution in [0.3, 0.4) is 0 Å². The van der Waals surface area contributed by atoms with Gasteiger partial charge in [0, 0.05) is 18.1 Å². The van der Waals surface area contributed by atoms with Gasteiger partial charge in [0.2, 0.25) is 5.91 Å². The van der Waals surface area contributed by atoms with Gasteiger partial charge in [0.25, 0.3) is 5.69 Å². The summed E-state index contributed by atoms with van der Waals surface area (Å²) in [6, 6.07) is 4.56. The summed E-state index contributed by atoms with van der Waals surface area (Å²) in [6.45, 7) is 1.70. The molecule has 20 heavy (non-hydrogen) atoms. The molecule has 0 saturated carbocycles. The molecule has 0 bridgehead atoms. The minimum Gasteiger partial charge on any atom is -0.465 e. The number of hydrogen-bond donors (Lipinski definition) is 1. The summed E-state index contributed by atoms with van der Waals surface area (Å²) in [7, 11) is 0. The Morgan fingerprint density at radius 3 is 2.70 bits per heavy atom. The van der Waals surface area contributed by atoms with Crippen LogP contribution in [0.5, 0.6) is 0 Å². The minimum absolute atomic E-state index is 0.0240. The lowest BCUT2D eigenvalue weighted by molar-refractivity contribution is -0.385. The highest BCUT2D eigenvalue weighted by Crippen LogP contribution is 2.21. The molecule has 7 nitrogen and oxygen atoms in total. The van der Waals surface area contributed by atoms with Gasteiger partial charge in [-0.05, 0) is 18.9 Å². The highest BCUT2D eigenvalue weighted by Gasteiger charge is 2.15. The fourth-order valence-electron chi connectivity index (χ4n) is 1.70. The van der Waals surface area contributed by atoms with Crippen molar-refractivity contribution in [3.8, 4) is 0 Å². The number of nitro benzene ring substituents is 1. The average Bonchev–Trinajstić information content (AvgIpc) is 2.36. The average molecular weight is 280 g/mol. The van der Waals surface area contributed by atoms with Gasteiger partial charge in [-0.25, -0.2) is 0 Å². The lowest BCUT2D eigenvalue weighted by atomic mass is 10.0. The van der Waals surface area contributed by atoms with Crippen molar-refractivity contribution in [3.05, 3.63) is 39.4 Å². The quantitative estimate of drug-likeness (QED) is 0.349. The molecule has 0 aromatic heterocycles. The summed E-state index contributed by atoms with van der Waals surface area (Å²) in [4.78, 5) is 32.4. The van der Waals surface area contributed by atoms with E-state index >= 15 is 0 Å². The Balaban J connectivity index is 2.56. The number of nitro groups is 1. The number of hydrogen-bond acceptors (Lipinski definition) is 5. The molecule has 1 rings (SSSR count). The molecule has 0 saturated heterocycles. The molecule has 0 radical (unpaired) electrons. The summed E-state index contributed by atoms with van der Waals surface area (Å²) in [5, 5.41) is 10.8. The predicted octanol–water partition coefficient (Wildman–Crippen LogP) is 1.25. The highest BCUT2D eigenvalue weighted by atomic mass is 16.6. The van der Waals surface area contributed by atoms with Gasteiger partial charge >= 0.3 is 5.97 Å². The zero-order chi connectivity index (χ0) is 15.1. The van der Waals surface area contributed by atoms with Crippen molar-refractivity contribution in [3.63, 3.8) is 0 Å². The van der Waals surface area contributed by atoms with Crippen LogP contribution in [-0.2, 0) is 20.7 Å². The number of benzene rings is 1. The monoisotopic (exact) mass is 280 g/mol. The van der Waals surface area contributed by atoms with Crippen LogP contribution in [0.2, 0.25) is 0 Å². The van der Waals surface area contributed by atoms with Crippen LogP contribution < -0.4 is 5.73 Å². The Kier molecular flexibility index (Phi) is 5.64. The molecule has 0 aliphatic rings. The van der Waals surface area contributed by atoms with Crippen LogP contribution in [-0.4, -0.2) is 23.4 Å². The van der Waals surface area contributed by atoms with Gasteiger partial charge in [-0.15, -0.1) is 0 Å². The van der Waals surface area contributed by atoms with Crippen molar-refractivity contribution in [2.24, 2.45) is 5.73 Å². The molecule has 1 amide bonds. The Morgan fingerprint density at radius 2 is 2.10 bits per heavy atom. The second-order valence-electron chi connectivity index (χ2n) is 4.29. The van der Waals surface area contributed by atoms with Crippen molar-refractivity contribution in [2.45, 2.75) is 26.2 Å². The number of primary amides is 1. The summed E-state index contributed by atoms with van der Waals surface area (Å²) in [6.07, 6.45) is 0.488. The van der Waals surface area contributed by atoms with E-state index in [9.17, 15) is 19.7 Å². The first-order valence-corrected chi connectivity index (χ1v) is 6.08. The van der Waals surface area contributed by atoms with E-state index in [4.69, 9.17) is 10.5 Å². The number of nitrogens with zero attached hydrogens (tertiary/aromatic N) is 1. The molecule has 1 aromatic rings. The number of amides is 1. The van der Waals surface area contributed by atoms with E-state index in [1.807, 2.05) is 0 Å². The van der Waals surface area contributed by atoms with Gasteiger partial charge in [0.1, 0.15) is 0 Å². The predicted molar refractivity (Wildman–Crippen MR) is 70.9 cm³/mol. The first kappa shape index (κ1) is 15.6. The van der Waals surface area contributed by atoms with Gasteiger partial charge in [0.15, 0.2) is 0 Å². The third kappa shape index (κ3) is 4.68. The van der Waals surface area contributed by atoms with E-state index < -0.39 is 16.8 Å². The molecule has 0 unspecified atom stereocenters. The van der Waals surface area contributed by atoms with Crippen molar-refractivity contribution in [1.82, 2.24) is 0 Å². The second kappa shape index (κ2) is 7.22. The maximum absolute atomic E-state index is 11.6. The van der Waals surface area contributed by atoms with Crippen molar-refractivity contribution in [1.29, 1.82) is 0 Å². The summed E-state index contributed by atoms with van der Waals surface area (Å²) in [5.74, 6) is -0.936. The van der Waals surface area contributed by atoms with Gasteiger partial charge in [-0.2, -0.15) is 0 Å². The van der Waals surface area contributed by atoms with Crippen LogP contribution in [0.1, 0.15) is 24.0 Å². The van der Waals surface area contributed by atoms with Crippen LogP contribution in [0.25, 0.3) is 0 Å². The van der Waals surface area contributed by atoms with Crippen molar-refractivity contribution >= 4 is 17.6 Å². The van der Waals surface area contributed by atoms with Gasteiger partial charge in [-0.3, -0.25) is 19.7 Å². The molecule has 0 aliphatic heterocycles. The van der Waals surface area contributed by atoms with E-state index in [0.717, 1.165) is 0 Å². The fraction of sp³-hybridized carbons (Fsp3) is 0.385. The number of nitrogens with two attached hydrogens (primary N) is 1. The van der Waals surface area contributed by atoms with Crippen LogP contribution >= 0.6 is 0 Å². The summed E-state index contributed by atoms with van der Waals surface area (Å²) >= 11 is 0. The molecular formula is C13H16N2O5. The Morgan fingerprint density at radius 1 is 1.40 bits per heavy atom. The molecule has 0 heterocycles. The molecule has 1 aromatic carbocycles. The second-order valence-corrected chi connectivity index (χ2v) is 4.29. The summed E-state index contributed by atoms with van der Waals surface area (Å²) in [5.41, 5.74) is 5.94. The van der Waals surface area contributed by atoms with E-state index in [1.54, 1.807) is 13.0 Å². The van der Waals surface area contributed by atoms with Gasteiger partial charge in [-0.1, -0.05) is 12.1 Å². The number of ether oxygens (including phenoxy) is 1. The normalized spacial score (nSPS) is 10.1. The molecule has 0 spiro atoms. The first-order valence-electron chi connectivity index (χ1n) is 6.08. The lowest BCUT2D eigenvalue weighted by Crippen LogP contribution is -2.14. The molecule has 7 heteroatoms.